The van der Waals surface area contributed by atoms with Crippen molar-refractivity contribution in [2.24, 2.45) is 11.8 Å². The summed E-state index contributed by atoms with van der Waals surface area (Å²) in [6, 6.07) is 7.34. The number of carbonyl (C=O) groups is 2. The summed E-state index contributed by atoms with van der Waals surface area (Å²) in [4.78, 5) is 25.6. The van der Waals surface area contributed by atoms with Gasteiger partial charge in [0.05, 0.1) is 19.6 Å². The molecule has 1 aliphatic heterocycles. The maximum atomic E-state index is 12.1. The summed E-state index contributed by atoms with van der Waals surface area (Å²) >= 11 is 0. The van der Waals surface area contributed by atoms with Crippen molar-refractivity contribution < 1.29 is 23.8 Å². The second-order valence-electron chi connectivity index (χ2n) is 6.36. The van der Waals surface area contributed by atoms with Crippen molar-refractivity contribution in [1.29, 1.82) is 0 Å². The Labute approximate surface area is 142 Å². The highest BCUT2D eigenvalue weighted by atomic mass is 16.6. The molecule has 24 heavy (non-hydrogen) atoms. The Morgan fingerprint density at radius 1 is 1.21 bits per heavy atom. The van der Waals surface area contributed by atoms with Gasteiger partial charge < -0.3 is 19.1 Å². The quantitative estimate of drug-likeness (QED) is 0.748. The largest absolute Gasteiger partial charge is 0.497 e. The molecule has 1 fully saturated rings. The molecule has 132 valence electrons. The summed E-state index contributed by atoms with van der Waals surface area (Å²) < 4.78 is 15.6. The summed E-state index contributed by atoms with van der Waals surface area (Å²) in [7, 11) is 1.60. The summed E-state index contributed by atoms with van der Waals surface area (Å²) in [5.41, 5.74) is 0.885. The smallest absolute Gasteiger partial charge is 0.410 e. The van der Waals surface area contributed by atoms with E-state index >= 15 is 0 Å². The van der Waals surface area contributed by atoms with E-state index < -0.39 is 6.09 Å². The highest BCUT2D eigenvalue weighted by molar-refractivity contribution is 5.75. The predicted molar refractivity (Wildman–Crippen MR) is 88.7 cm³/mol. The molecule has 2 rings (SSSR count). The van der Waals surface area contributed by atoms with Crippen LogP contribution in [0.3, 0.4) is 0 Å². The van der Waals surface area contributed by atoms with Crippen LogP contribution in [0.4, 0.5) is 4.79 Å². The number of ether oxygens (including phenoxy) is 3. The van der Waals surface area contributed by atoms with Crippen LogP contribution in [0.5, 0.6) is 5.75 Å². The zero-order chi connectivity index (χ0) is 17.5. The van der Waals surface area contributed by atoms with Crippen LogP contribution < -0.4 is 4.74 Å². The molecular weight excluding hydrogens is 310 g/mol. The van der Waals surface area contributed by atoms with Gasteiger partial charge >= 0.3 is 12.1 Å². The molecule has 1 atom stereocenters. The van der Waals surface area contributed by atoms with Gasteiger partial charge in [-0.25, -0.2) is 4.79 Å². The number of carbonyl (C=O) groups excluding carboxylic acids is 2. The monoisotopic (exact) mass is 335 g/mol. The minimum atomic E-state index is -0.398. The van der Waals surface area contributed by atoms with E-state index in [1.165, 1.54) is 0 Å². The van der Waals surface area contributed by atoms with Gasteiger partial charge in [-0.15, -0.1) is 0 Å². The van der Waals surface area contributed by atoms with Gasteiger partial charge in [0.2, 0.25) is 0 Å². The van der Waals surface area contributed by atoms with Gasteiger partial charge in [0.25, 0.3) is 0 Å². The molecule has 0 aromatic heterocycles. The number of rotatable bonds is 6. The van der Waals surface area contributed by atoms with Crippen LogP contribution in [-0.4, -0.2) is 43.8 Å². The Hall–Kier alpha value is -2.24. The maximum absolute atomic E-state index is 12.1. The van der Waals surface area contributed by atoms with E-state index in [4.69, 9.17) is 14.2 Å². The first-order valence-corrected chi connectivity index (χ1v) is 8.21. The van der Waals surface area contributed by atoms with Crippen molar-refractivity contribution in [3.63, 3.8) is 0 Å². The number of methoxy groups -OCH3 is 1. The summed E-state index contributed by atoms with van der Waals surface area (Å²) in [6.07, 6.45) is 0.221. The fourth-order valence-corrected chi connectivity index (χ4v) is 2.44. The van der Waals surface area contributed by atoms with E-state index in [9.17, 15) is 9.59 Å². The number of likely N-dealkylation sites (tertiary alicyclic amines) is 1. The van der Waals surface area contributed by atoms with E-state index in [0.717, 1.165) is 11.3 Å². The van der Waals surface area contributed by atoms with Gasteiger partial charge in [-0.05, 0) is 30.0 Å². The van der Waals surface area contributed by atoms with E-state index in [1.54, 1.807) is 12.0 Å². The van der Waals surface area contributed by atoms with Crippen molar-refractivity contribution >= 4 is 12.1 Å². The third kappa shape index (κ3) is 5.15. The minimum absolute atomic E-state index is 0.196. The molecule has 1 amide bonds. The molecule has 0 N–H and O–H groups in total. The lowest BCUT2D eigenvalue weighted by Crippen LogP contribution is -2.31. The van der Waals surface area contributed by atoms with Crippen LogP contribution in [0.25, 0.3) is 0 Å². The minimum Gasteiger partial charge on any atom is -0.497 e. The van der Waals surface area contributed by atoms with E-state index in [0.29, 0.717) is 32.0 Å². The first-order chi connectivity index (χ1) is 11.5. The Morgan fingerprint density at radius 2 is 1.92 bits per heavy atom. The number of hydrogen-bond donors (Lipinski definition) is 0. The SMILES string of the molecule is COc1ccc(COC(=O)N2CCC(C(=O)OCC(C)C)C2)cc1. The van der Waals surface area contributed by atoms with E-state index in [1.807, 2.05) is 38.1 Å². The second-order valence-corrected chi connectivity index (χ2v) is 6.36. The lowest BCUT2D eigenvalue weighted by Gasteiger charge is -2.16. The molecule has 1 aromatic carbocycles. The van der Waals surface area contributed by atoms with Gasteiger partial charge in [-0.1, -0.05) is 26.0 Å². The fraction of sp³-hybridized carbons (Fsp3) is 0.556. The Morgan fingerprint density at radius 3 is 2.54 bits per heavy atom. The number of benzene rings is 1. The number of hydrogen-bond acceptors (Lipinski definition) is 5. The molecule has 0 spiro atoms. The lowest BCUT2D eigenvalue weighted by molar-refractivity contribution is -0.149. The zero-order valence-corrected chi connectivity index (χ0v) is 14.5. The van der Waals surface area contributed by atoms with Crippen LogP contribution in [0.1, 0.15) is 25.8 Å². The fourth-order valence-electron chi connectivity index (χ4n) is 2.44. The first-order valence-electron chi connectivity index (χ1n) is 8.21. The summed E-state index contributed by atoms with van der Waals surface area (Å²) in [5.74, 6) is 0.583. The second kappa shape index (κ2) is 8.57. The number of esters is 1. The van der Waals surface area contributed by atoms with Gasteiger partial charge in [0.15, 0.2) is 0 Å². The molecule has 1 aromatic rings. The Kier molecular flexibility index (Phi) is 6.46. The van der Waals surface area contributed by atoms with Crippen LogP contribution in [0.15, 0.2) is 24.3 Å². The van der Waals surface area contributed by atoms with E-state index in [-0.39, 0.29) is 18.5 Å². The van der Waals surface area contributed by atoms with Crippen LogP contribution in [-0.2, 0) is 20.9 Å². The molecule has 6 heteroatoms. The van der Waals surface area contributed by atoms with Crippen molar-refractivity contribution in [2.75, 3.05) is 26.8 Å². The molecule has 0 saturated carbocycles. The average molecular weight is 335 g/mol. The Bertz CT molecular complexity index is 555. The standard InChI is InChI=1S/C18H25NO5/c1-13(2)11-23-17(20)15-8-9-19(10-15)18(21)24-12-14-4-6-16(22-3)7-5-14/h4-7,13,15H,8-12H2,1-3H3. The third-order valence-corrected chi connectivity index (χ3v) is 3.86. The molecule has 6 nitrogen and oxygen atoms in total. The molecule has 1 unspecified atom stereocenters. The van der Waals surface area contributed by atoms with Crippen molar-refractivity contribution in [3.8, 4) is 5.75 Å². The number of amides is 1. The highest BCUT2D eigenvalue weighted by Gasteiger charge is 2.33. The first kappa shape index (κ1) is 18.1. The molecule has 0 radical (unpaired) electrons. The predicted octanol–water partition coefficient (Wildman–Crippen LogP) is 2.85. The van der Waals surface area contributed by atoms with Crippen molar-refractivity contribution in [3.05, 3.63) is 29.8 Å². The van der Waals surface area contributed by atoms with E-state index in [2.05, 4.69) is 0 Å². The summed E-state index contributed by atoms with van der Waals surface area (Å²) in [6.45, 7) is 5.47. The van der Waals surface area contributed by atoms with Crippen LogP contribution in [0, 0.1) is 11.8 Å². The normalized spacial score (nSPS) is 17.0. The molecule has 1 aliphatic rings. The van der Waals surface area contributed by atoms with Crippen LogP contribution >= 0.6 is 0 Å². The van der Waals surface area contributed by atoms with Gasteiger partial charge in [0, 0.05) is 13.1 Å². The topological polar surface area (TPSA) is 65.1 Å². The number of nitrogens with zero attached hydrogens (tertiary/aromatic N) is 1. The van der Waals surface area contributed by atoms with Crippen molar-refractivity contribution in [2.45, 2.75) is 26.9 Å². The molecule has 1 saturated heterocycles. The van der Waals surface area contributed by atoms with Gasteiger partial charge in [-0.2, -0.15) is 0 Å². The van der Waals surface area contributed by atoms with Gasteiger partial charge in [-0.3, -0.25) is 4.79 Å². The molecule has 0 aliphatic carbocycles. The van der Waals surface area contributed by atoms with Gasteiger partial charge in [0.1, 0.15) is 12.4 Å². The highest BCUT2D eigenvalue weighted by Crippen LogP contribution is 2.19. The van der Waals surface area contributed by atoms with Crippen molar-refractivity contribution in [1.82, 2.24) is 4.90 Å². The average Bonchev–Trinajstić information content (AvgIpc) is 3.08. The molecule has 1 heterocycles. The maximum Gasteiger partial charge on any atom is 0.410 e. The lowest BCUT2D eigenvalue weighted by atomic mass is 10.1. The third-order valence-electron chi connectivity index (χ3n) is 3.86. The zero-order valence-electron chi connectivity index (χ0n) is 14.5. The van der Waals surface area contributed by atoms with Crippen LogP contribution in [0.2, 0.25) is 0 Å². The molecule has 0 bridgehead atoms. The molecular formula is C18H25NO5. The summed E-state index contributed by atoms with van der Waals surface area (Å²) in [5, 5.41) is 0. The Balaban J connectivity index is 1.76.